The number of hydrogen-bond acceptors (Lipinski definition) is 6. The Hall–Kier alpha value is -3.08. The molecule has 0 spiro atoms. The van der Waals surface area contributed by atoms with E-state index in [-0.39, 0.29) is 64.5 Å². The van der Waals surface area contributed by atoms with Gasteiger partial charge in [-0.2, -0.15) is 0 Å². The minimum Gasteiger partial charge on any atom is -1.00 e. The van der Waals surface area contributed by atoms with Gasteiger partial charge in [-0.1, -0.05) is 80.9 Å². The maximum absolute atomic E-state index is 14.0. The predicted molar refractivity (Wildman–Crippen MR) is 165 cm³/mol. The fourth-order valence-corrected chi connectivity index (χ4v) is 5.26. The monoisotopic (exact) mass is 604 g/mol. The third-order valence-corrected chi connectivity index (χ3v) is 7.49. The summed E-state index contributed by atoms with van der Waals surface area (Å²) >= 11 is 0. The van der Waals surface area contributed by atoms with E-state index in [0.717, 1.165) is 65.1 Å². The smallest absolute Gasteiger partial charge is 1.00 e. The molecule has 0 aliphatic rings. The molecule has 9 heteroatoms. The number of H-pyrrole nitrogens is 1. The largest absolute Gasteiger partial charge is 1.00 e. The molecule has 3 aromatic carbocycles. The summed E-state index contributed by atoms with van der Waals surface area (Å²) in [6.07, 6.45) is 4.15. The average molecular weight is 605 g/mol. The van der Waals surface area contributed by atoms with E-state index in [2.05, 4.69) is 30.9 Å². The molecule has 8 nitrogen and oxygen atoms in total. The predicted octanol–water partition coefficient (Wildman–Crippen LogP) is 3.78. The first kappa shape index (κ1) is 32.8. The van der Waals surface area contributed by atoms with Crippen molar-refractivity contribution in [2.75, 3.05) is 0 Å². The van der Waals surface area contributed by atoms with Gasteiger partial charge in [0.2, 0.25) is 0 Å². The van der Waals surface area contributed by atoms with Crippen molar-refractivity contribution in [3.63, 3.8) is 0 Å². The zero-order valence-electron chi connectivity index (χ0n) is 26.5. The number of aryl methyl sites for hydroxylation is 2. The molecule has 0 fully saturated rings. The standard InChI is InChI=1S/C34H36N4O4.K.H/c1-5-10-31-30(33(39)38(22(4)35-31)25-17-19-27(20-18-25)41-26(6-2)7-3)21-23-13-15-24(16-14-23)28-11-8-9-12-29(28)32-36-34(40)42-37-32;;/h8-9,11-20,26H,5-7,10,21H2,1-4H3,(H,36,37,40);;/q;+1;-1. The van der Waals surface area contributed by atoms with Gasteiger partial charge in [0.05, 0.1) is 17.5 Å². The van der Waals surface area contributed by atoms with Gasteiger partial charge in [-0.3, -0.25) is 18.9 Å². The van der Waals surface area contributed by atoms with Gasteiger partial charge < -0.3 is 6.16 Å². The van der Waals surface area contributed by atoms with Crippen LogP contribution in [-0.2, 0) is 12.8 Å². The maximum Gasteiger partial charge on any atom is 1.00 e. The molecule has 0 aliphatic heterocycles. The Balaban J connectivity index is 0.00000264. The quantitative estimate of drug-likeness (QED) is 0.230. The van der Waals surface area contributed by atoms with E-state index in [1.165, 1.54) is 0 Å². The van der Waals surface area contributed by atoms with Gasteiger partial charge >= 0.3 is 57.1 Å². The molecule has 0 unspecified atom stereocenters. The summed E-state index contributed by atoms with van der Waals surface area (Å²) in [5.41, 5.74) is 5.91. The Morgan fingerprint density at radius 2 is 1.60 bits per heavy atom. The third kappa shape index (κ3) is 7.53. The summed E-state index contributed by atoms with van der Waals surface area (Å²) in [6, 6.07) is 23.5. The van der Waals surface area contributed by atoms with E-state index in [9.17, 15) is 9.59 Å². The molecule has 218 valence electrons. The van der Waals surface area contributed by atoms with Crippen LogP contribution >= 0.6 is 0 Å². The van der Waals surface area contributed by atoms with Crippen LogP contribution in [0.5, 0.6) is 5.75 Å². The first-order chi connectivity index (χ1) is 20.4. The second-order valence-corrected chi connectivity index (χ2v) is 10.4. The third-order valence-electron chi connectivity index (χ3n) is 7.49. The topological polar surface area (TPSA) is 103 Å². The van der Waals surface area contributed by atoms with Crippen LogP contribution in [0.2, 0.25) is 0 Å². The van der Waals surface area contributed by atoms with Crippen LogP contribution in [0, 0.1) is 6.92 Å². The van der Waals surface area contributed by atoms with Crippen LogP contribution in [0.1, 0.15) is 64.1 Å². The van der Waals surface area contributed by atoms with Crippen molar-refractivity contribution in [1.82, 2.24) is 19.7 Å². The van der Waals surface area contributed by atoms with Crippen LogP contribution in [0.15, 0.2) is 86.9 Å². The van der Waals surface area contributed by atoms with Crippen LogP contribution in [0.3, 0.4) is 0 Å². The molecule has 0 saturated heterocycles. The molecule has 1 N–H and O–H groups in total. The number of ether oxygens (including phenoxy) is 1. The molecule has 0 amide bonds. The number of nitrogens with one attached hydrogen (secondary N) is 1. The molecule has 5 aromatic rings. The zero-order chi connectivity index (χ0) is 29.6. The number of benzene rings is 3. The normalized spacial score (nSPS) is 11.0. The molecule has 0 saturated carbocycles. The van der Waals surface area contributed by atoms with Crippen molar-refractivity contribution < 1.29 is 62.1 Å². The van der Waals surface area contributed by atoms with Crippen LogP contribution in [-0.4, -0.2) is 25.8 Å². The molecule has 0 radical (unpaired) electrons. The number of aromatic nitrogens is 4. The van der Waals surface area contributed by atoms with Crippen molar-refractivity contribution in [2.45, 2.75) is 65.9 Å². The Morgan fingerprint density at radius 1 is 0.930 bits per heavy atom. The van der Waals surface area contributed by atoms with Crippen molar-refractivity contribution >= 4 is 0 Å². The fraction of sp³-hybridized carbons (Fsp3) is 0.294. The Kier molecular flexibility index (Phi) is 11.5. The van der Waals surface area contributed by atoms with Gasteiger partial charge in [0, 0.05) is 17.5 Å². The maximum atomic E-state index is 14.0. The first-order valence-electron chi connectivity index (χ1n) is 14.5. The van der Waals surface area contributed by atoms with Gasteiger partial charge in [-0.25, -0.2) is 9.78 Å². The Bertz CT molecular complexity index is 1780. The second-order valence-electron chi connectivity index (χ2n) is 10.4. The van der Waals surface area contributed by atoms with E-state index >= 15 is 0 Å². The van der Waals surface area contributed by atoms with Crippen molar-refractivity contribution in [3.05, 3.63) is 116 Å². The number of rotatable bonds is 11. The SMILES string of the molecule is CCCc1nc(C)n(-c2ccc(OC(CC)CC)cc2)c(=O)c1Cc1ccc(-c2ccccc2-c2noc(=O)[nH]2)cc1.[H-].[K+]. The molecule has 2 heterocycles. The van der Waals surface area contributed by atoms with E-state index < -0.39 is 5.76 Å². The van der Waals surface area contributed by atoms with Gasteiger partial charge in [-0.05, 0) is 67.1 Å². The van der Waals surface area contributed by atoms with Gasteiger partial charge in [-0.15, -0.1) is 0 Å². The zero-order valence-corrected chi connectivity index (χ0v) is 28.6. The molecule has 43 heavy (non-hydrogen) atoms. The van der Waals surface area contributed by atoms with Gasteiger partial charge in [0.15, 0.2) is 5.82 Å². The molecular formula is C34H37KN4O4. The number of aromatic amines is 1. The van der Waals surface area contributed by atoms with E-state index in [0.29, 0.717) is 23.6 Å². The minimum absolute atomic E-state index is 0. The molecule has 2 aromatic heterocycles. The summed E-state index contributed by atoms with van der Waals surface area (Å²) in [6.45, 7) is 8.21. The van der Waals surface area contributed by atoms with Crippen LogP contribution in [0.25, 0.3) is 28.2 Å². The van der Waals surface area contributed by atoms with E-state index in [1.54, 1.807) is 4.57 Å². The molecular weight excluding hydrogens is 567 g/mol. The van der Waals surface area contributed by atoms with Crippen molar-refractivity contribution in [2.24, 2.45) is 0 Å². The Morgan fingerprint density at radius 3 is 2.21 bits per heavy atom. The summed E-state index contributed by atoms with van der Waals surface area (Å²) in [5.74, 6) is 1.25. The summed E-state index contributed by atoms with van der Waals surface area (Å²) in [7, 11) is 0. The van der Waals surface area contributed by atoms with Gasteiger partial charge in [0.25, 0.3) is 5.56 Å². The summed E-state index contributed by atoms with van der Waals surface area (Å²) in [5, 5.41) is 3.85. The van der Waals surface area contributed by atoms with Crippen LogP contribution < -0.4 is 67.4 Å². The summed E-state index contributed by atoms with van der Waals surface area (Å²) in [4.78, 5) is 33.0. The van der Waals surface area contributed by atoms with E-state index in [1.807, 2.05) is 79.7 Å². The second kappa shape index (κ2) is 15.1. The van der Waals surface area contributed by atoms with E-state index in [4.69, 9.17) is 14.2 Å². The average Bonchev–Trinajstić information content (AvgIpc) is 3.45. The molecule has 5 rings (SSSR count). The molecule has 0 bridgehead atoms. The molecule has 0 aliphatic carbocycles. The van der Waals surface area contributed by atoms with Crippen molar-refractivity contribution in [1.29, 1.82) is 0 Å². The Labute approximate surface area is 295 Å². The fourth-order valence-electron chi connectivity index (χ4n) is 5.26. The molecule has 0 atom stereocenters. The first-order valence-corrected chi connectivity index (χ1v) is 14.5. The van der Waals surface area contributed by atoms with Crippen LogP contribution in [0.4, 0.5) is 0 Å². The van der Waals surface area contributed by atoms with Crippen molar-refractivity contribution in [3.8, 4) is 34.0 Å². The summed E-state index contributed by atoms with van der Waals surface area (Å²) < 4.78 is 12.5. The number of nitrogens with zero attached hydrogens (tertiary/aromatic N) is 3. The van der Waals surface area contributed by atoms with Gasteiger partial charge in [0.1, 0.15) is 11.6 Å². The minimum atomic E-state index is -0.596. The number of hydrogen-bond donors (Lipinski definition) is 1.